The summed E-state index contributed by atoms with van der Waals surface area (Å²) in [5.74, 6) is 0.783. The second kappa shape index (κ2) is 6.24. The smallest absolute Gasteiger partial charge is 0.193 e. The summed E-state index contributed by atoms with van der Waals surface area (Å²) in [6, 6.07) is 12.6. The number of nitrogens with two attached hydrogens (primary N) is 1. The Balaban J connectivity index is 2.26. The van der Waals surface area contributed by atoms with E-state index in [1.54, 1.807) is 24.3 Å². The Morgan fingerprint density at radius 1 is 1.20 bits per heavy atom. The Morgan fingerprint density at radius 2 is 2.00 bits per heavy atom. The van der Waals surface area contributed by atoms with Crippen LogP contribution in [0.2, 0.25) is 0 Å². The van der Waals surface area contributed by atoms with Crippen LogP contribution in [0.4, 0.5) is 5.69 Å². The van der Waals surface area contributed by atoms with Crippen molar-refractivity contribution in [2.24, 2.45) is 0 Å². The predicted molar refractivity (Wildman–Crippen MR) is 81.3 cm³/mol. The number of hydrogen-bond acceptors (Lipinski definition) is 3. The first-order chi connectivity index (χ1) is 9.61. The number of anilines is 1. The Bertz CT molecular complexity index is 620. The summed E-state index contributed by atoms with van der Waals surface area (Å²) in [6.45, 7) is 4.66. The van der Waals surface area contributed by atoms with Crippen LogP contribution in [0.15, 0.2) is 42.5 Å². The summed E-state index contributed by atoms with van der Waals surface area (Å²) < 4.78 is 5.56. The molecule has 2 aromatic rings. The first kappa shape index (κ1) is 14.1. The van der Waals surface area contributed by atoms with E-state index in [2.05, 4.69) is 6.92 Å². The van der Waals surface area contributed by atoms with Gasteiger partial charge in [0.15, 0.2) is 5.78 Å². The van der Waals surface area contributed by atoms with Gasteiger partial charge in [0.1, 0.15) is 5.75 Å². The molecule has 0 aliphatic heterocycles. The van der Waals surface area contributed by atoms with E-state index in [4.69, 9.17) is 10.5 Å². The number of carbonyl (C=O) groups excluding carboxylic acids is 1. The van der Waals surface area contributed by atoms with Gasteiger partial charge in [-0.2, -0.15) is 0 Å². The van der Waals surface area contributed by atoms with Gasteiger partial charge in [0.2, 0.25) is 0 Å². The topological polar surface area (TPSA) is 52.3 Å². The van der Waals surface area contributed by atoms with E-state index in [0.717, 1.165) is 17.7 Å². The molecule has 3 heteroatoms. The lowest BCUT2D eigenvalue weighted by Gasteiger charge is -2.09. The third-order valence-electron chi connectivity index (χ3n) is 3.06. The minimum atomic E-state index is -0.0168. The fourth-order valence-electron chi connectivity index (χ4n) is 2.04. The van der Waals surface area contributed by atoms with Gasteiger partial charge >= 0.3 is 0 Å². The van der Waals surface area contributed by atoms with Crippen LogP contribution in [0.5, 0.6) is 5.75 Å². The van der Waals surface area contributed by atoms with Crippen LogP contribution >= 0.6 is 0 Å². The van der Waals surface area contributed by atoms with Crippen molar-refractivity contribution in [1.82, 2.24) is 0 Å². The highest BCUT2D eigenvalue weighted by molar-refractivity contribution is 6.10. The van der Waals surface area contributed by atoms with Crippen LogP contribution in [0.3, 0.4) is 0 Å². The number of benzene rings is 2. The molecule has 0 aliphatic carbocycles. The van der Waals surface area contributed by atoms with Gasteiger partial charge in [-0.05, 0) is 49.2 Å². The van der Waals surface area contributed by atoms with Gasteiger partial charge < -0.3 is 10.5 Å². The SMILES string of the molecule is CCCOc1ccc(C(=O)c2cccc(N)c2)c(C)c1. The number of hydrogen-bond donors (Lipinski definition) is 1. The molecule has 3 nitrogen and oxygen atoms in total. The van der Waals surface area contributed by atoms with E-state index in [1.807, 2.05) is 25.1 Å². The van der Waals surface area contributed by atoms with Crippen molar-refractivity contribution < 1.29 is 9.53 Å². The number of ether oxygens (including phenoxy) is 1. The van der Waals surface area contributed by atoms with E-state index < -0.39 is 0 Å². The lowest BCUT2D eigenvalue weighted by molar-refractivity contribution is 0.103. The maximum absolute atomic E-state index is 12.4. The third kappa shape index (κ3) is 3.18. The quantitative estimate of drug-likeness (QED) is 0.666. The van der Waals surface area contributed by atoms with Crippen molar-refractivity contribution in [2.75, 3.05) is 12.3 Å². The Kier molecular flexibility index (Phi) is 4.41. The number of rotatable bonds is 5. The monoisotopic (exact) mass is 269 g/mol. The Hall–Kier alpha value is -2.29. The number of nitrogen functional groups attached to an aromatic ring is 1. The molecule has 0 saturated heterocycles. The fraction of sp³-hybridized carbons (Fsp3) is 0.235. The van der Waals surface area contributed by atoms with Crippen LogP contribution in [0, 0.1) is 6.92 Å². The molecule has 0 saturated carbocycles. The molecule has 0 aromatic heterocycles. The molecule has 0 aliphatic rings. The van der Waals surface area contributed by atoms with Gasteiger partial charge in [-0.25, -0.2) is 0 Å². The second-order valence-electron chi connectivity index (χ2n) is 4.78. The van der Waals surface area contributed by atoms with Gasteiger partial charge in [-0.3, -0.25) is 4.79 Å². The highest BCUT2D eigenvalue weighted by Gasteiger charge is 2.12. The first-order valence-corrected chi connectivity index (χ1v) is 6.75. The number of carbonyl (C=O) groups is 1. The molecule has 0 atom stereocenters. The van der Waals surface area contributed by atoms with Crippen LogP contribution in [-0.2, 0) is 0 Å². The third-order valence-corrected chi connectivity index (χ3v) is 3.06. The van der Waals surface area contributed by atoms with E-state index in [-0.39, 0.29) is 5.78 Å². The van der Waals surface area contributed by atoms with Crippen molar-refractivity contribution in [1.29, 1.82) is 0 Å². The van der Waals surface area contributed by atoms with Crippen LogP contribution < -0.4 is 10.5 Å². The molecule has 2 rings (SSSR count). The maximum Gasteiger partial charge on any atom is 0.193 e. The van der Waals surface area contributed by atoms with Gasteiger partial charge in [0, 0.05) is 16.8 Å². The lowest BCUT2D eigenvalue weighted by Crippen LogP contribution is -2.05. The standard InChI is InChI=1S/C17H19NO2/c1-3-9-20-15-7-8-16(12(2)10-15)17(19)13-5-4-6-14(18)11-13/h4-8,10-11H,3,9,18H2,1-2H3. The first-order valence-electron chi connectivity index (χ1n) is 6.75. The second-order valence-corrected chi connectivity index (χ2v) is 4.78. The molecule has 2 aromatic carbocycles. The molecule has 0 spiro atoms. The van der Waals surface area contributed by atoms with E-state index in [0.29, 0.717) is 23.4 Å². The van der Waals surface area contributed by atoms with Crippen molar-refractivity contribution in [3.05, 3.63) is 59.2 Å². The molecular formula is C17H19NO2. The summed E-state index contributed by atoms with van der Waals surface area (Å²) in [4.78, 5) is 12.4. The summed E-state index contributed by atoms with van der Waals surface area (Å²) >= 11 is 0. The normalized spacial score (nSPS) is 10.3. The van der Waals surface area contributed by atoms with Gasteiger partial charge in [-0.15, -0.1) is 0 Å². The van der Waals surface area contributed by atoms with Crippen molar-refractivity contribution >= 4 is 11.5 Å². The average Bonchev–Trinajstić information content (AvgIpc) is 2.44. The molecule has 0 heterocycles. The molecule has 104 valence electrons. The molecule has 0 fully saturated rings. The molecular weight excluding hydrogens is 250 g/mol. The summed E-state index contributed by atoms with van der Waals surface area (Å²) in [7, 11) is 0. The molecule has 0 radical (unpaired) electrons. The maximum atomic E-state index is 12.4. The molecule has 0 unspecified atom stereocenters. The largest absolute Gasteiger partial charge is 0.494 e. The van der Waals surface area contributed by atoms with Gasteiger partial charge in [0.25, 0.3) is 0 Å². The van der Waals surface area contributed by atoms with Gasteiger partial charge in [0.05, 0.1) is 6.61 Å². The number of aryl methyl sites for hydroxylation is 1. The minimum Gasteiger partial charge on any atom is -0.494 e. The zero-order chi connectivity index (χ0) is 14.5. The zero-order valence-electron chi connectivity index (χ0n) is 11.8. The summed E-state index contributed by atoms with van der Waals surface area (Å²) in [5, 5.41) is 0. The van der Waals surface area contributed by atoms with Crippen LogP contribution in [0.25, 0.3) is 0 Å². The molecule has 20 heavy (non-hydrogen) atoms. The van der Waals surface area contributed by atoms with Crippen molar-refractivity contribution in [3.63, 3.8) is 0 Å². The summed E-state index contributed by atoms with van der Waals surface area (Å²) in [5.41, 5.74) is 8.51. The Morgan fingerprint density at radius 3 is 2.65 bits per heavy atom. The van der Waals surface area contributed by atoms with Gasteiger partial charge in [-0.1, -0.05) is 19.1 Å². The summed E-state index contributed by atoms with van der Waals surface area (Å²) in [6.07, 6.45) is 0.961. The molecule has 0 amide bonds. The lowest BCUT2D eigenvalue weighted by atomic mass is 9.98. The highest BCUT2D eigenvalue weighted by atomic mass is 16.5. The van der Waals surface area contributed by atoms with Crippen LogP contribution in [0.1, 0.15) is 34.8 Å². The van der Waals surface area contributed by atoms with E-state index in [1.165, 1.54) is 0 Å². The Labute approximate surface area is 119 Å². The van der Waals surface area contributed by atoms with E-state index in [9.17, 15) is 4.79 Å². The van der Waals surface area contributed by atoms with E-state index >= 15 is 0 Å². The van der Waals surface area contributed by atoms with Crippen LogP contribution in [-0.4, -0.2) is 12.4 Å². The minimum absolute atomic E-state index is 0.0168. The molecule has 0 bridgehead atoms. The average molecular weight is 269 g/mol. The fourth-order valence-corrected chi connectivity index (χ4v) is 2.04. The highest BCUT2D eigenvalue weighted by Crippen LogP contribution is 2.21. The van der Waals surface area contributed by atoms with Crippen molar-refractivity contribution in [3.8, 4) is 5.75 Å². The van der Waals surface area contributed by atoms with Crippen molar-refractivity contribution in [2.45, 2.75) is 20.3 Å². The zero-order valence-corrected chi connectivity index (χ0v) is 11.8. The molecule has 2 N–H and O–H groups in total. The predicted octanol–water partition coefficient (Wildman–Crippen LogP) is 3.60. The number of ketones is 1.